The summed E-state index contributed by atoms with van der Waals surface area (Å²) < 4.78 is 18.0. The third-order valence-electron chi connectivity index (χ3n) is 3.91. The van der Waals surface area contributed by atoms with Gasteiger partial charge in [-0.05, 0) is 48.0 Å². The zero-order chi connectivity index (χ0) is 18.5. The SMILES string of the molecule is COc1ccc(CNC(=O)c2cc(C(=O)c3ccc(F)cc3)c[nH]2)cc1. The number of amides is 1. The zero-order valence-electron chi connectivity index (χ0n) is 14.1. The third kappa shape index (κ3) is 3.97. The fraction of sp³-hybridized carbons (Fsp3) is 0.100. The number of aromatic amines is 1. The van der Waals surface area contributed by atoms with Crippen molar-refractivity contribution in [3.63, 3.8) is 0 Å². The molecule has 1 heterocycles. The second kappa shape index (κ2) is 7.65. The minimum atomic E-state index is -0.408. The van der Waals surface area contributed by atoms with E-state index in [9.17, 15) is 14.0 Å². The molecule has 1 aromatic heterocycles. The fourth-order valence-corrected chi connectivity index (χ4v) is 2.45. The molecule has 2 N–H and O–H groups in total. The van der Waals surface area contributed by atoms with Crippen LogP contribution in [0.4, 0.5) is 4.39 Å². The van der Waals surface area contributed by atoms with E-state index in [4.69, 9.17) is 4.74 Å². The van der Waals surface area contributed by atoms with Crippen LogP contribution in [0.5, 0.6) is 5.75 Å². The lowest BCUT2D eigenvalue weighted by Gasteiger charge is -2.05. The number of carbonyl (C=O) groups excluding carboxylic acids is 2. The Labute approximate surface area is 149 Å². The molecule has 0 saturated carbocycles. The number of methoxy groups -OCH3 is 1. The molecule has 6 heteroatoms. The van der Waals surface area contributed by atoms with Crippen LogP contribution in [-0.4, -0.2) is 23.8 Å². The molecule has 0 atom stereocenters. The zero-order valence-corrected chi connectivity index (χ0v) is 14.1. The highest BCUT2D eigenvalue weighted by Crippen LogP contribution is 2.13. The van der Waals surface area contributed by atoms with Gasteiger partial charge in [0.05, 0.1) is 7.11 Å². The van der Waals surface area contributed by atoms with Crippen molar-refractivity contribution < 1.29 is 18.7 Å². The number of hydrogen-bond acceptors (Lipinski definition) is 3. The molecule has 0 unspecified atom stereocenters. The van der Waals surface area contributed by atoms with Gasteiger partial charge in [-0.2, -0.15) is 0 Å². The van der Waals surface area contributed by atoms with Crippen molar-refractivity contribution in [3.05, 3.63) is 89.0 Å². The summed E-state index contributed by atoms with van der Waals surface area (Å²) >= 11 is 0. The molecular weight excluding hydrogens is 335 g/mol. The Morgan fingerprint density at radius 3 is 2.38 bits per heavy atom. The van der Waals surface area contributed by atoms with Crippen molar-refractivity contribution in [3.8, 4) is 5.75 Å². The van der Waals surface area contributed by atoms with E-state index in [1.807, 2.05) is 24.3 Å². The first-order valence-corrected chi connectivity index (χ1v) is 7.96. The van der Waals surface area contributed by atoms with E-state index in [0.29, 0.717) is 17.7 Å². The van der Waals surface area contributed by atoms with Crippen LogP contribution < -0.4 is 10.1 Å². The Hall–Kier alpha value is -3.41. The Morgan fingerprint density at radius 2 is 1.73 bits per heavy atom. The van der Waals surface area contributed by atoms with Crippen LogP contribution in [0.15, 0.2) is 60.8 Å². The van der Waals surface area contributed by atoms with E-state index in [2.05, 4.69) is 10.3 Å². The van der Waals surface area contributed by atoms with Gasteiger partial charge in [-0.25, -0.2) is 4.39 Å². The minimum absolute atomic E-state index is 0.281. The number of ether oxygens (including phenoxy) is 1. The van der Waals surface area contributed by atoms with Crippen molar-refractivity contribution >= 4 is 11.7 Å². The third-order valence-corrected chi connectivity index (χ3v) is 3.91. The average Bonchev–Trinajstić information content (AvgIpc) is 3.17. The number of halogens is 1. The van der Waals surface area contributed by atoms with Crippen LogP contribution in [-0.2, 0) is 6.54 Å². The summed E-state index contributed by atoms with van der Waals surface area (Å²) in [6.07, 6.45) is 1.47. The molecule has 3 rings (SSSR count). The Balaban J connectivity index is 1.63. The Bertz CT molecular complexity index is 915. The normalized spacial score (nSPS) is 10.4. The molecule has 3 aromatic rings. The molecule has 0 bridgehead atoms. The largest absolute Gasteiger partial charge is 0.497 e. The fourth-order valence-electron chi connectivity index (χ4n) is 2.45. The van der Waals surface area contributed by atoms with Crippen LogP contribution in [0.3, 0.4) is 0 Å². The number of aromatic nitrogens is 1. The van der Waals surface area contributed by atoms with Gasteiger partial charge in [-0.15, -0.1) is 0 Å². The van der Waals surface area contributed by atoms with Gasteiger partial charge in [0.2, 0.25) is 0 Å². The average molecular weight is 352 g/mol. The molecule has 1 amide bonds. The number of hydrogen-bond donors (Lipinski definition) is 2. The van der Waals surface area contributed by atoms with Gasteiger partial charge in [0, 0.05) is 23.9 Å². The maximum Gasteiger partial charge on any atom is 0.267 e. The summed E-state index contributed by atoms with van der Waals surface area (Å²) in [6, 6.07) is 14.1. The summed E-state index contributed by atoms with van der Waals surface area (Å²) in [4.78, 5) is 27.4. The molecular formula is C20H17FN2O3. The lowest BCUT2D eigenvalue weighted by molar-refractivity contribution is 0.0946. The van der Waals surface area contributed by atoms with E-state index in [1.54, 1.807) is 7.11 Å². The van der Waals surface area contributed by atoms with Gasteiger partial charge in [0.25, 0.3) is 5.91 Å². The van der Waals surface area contributed by atoms with Crippen LogP contribution in [0.2, 0.25) is 0 Å². The van der Waals surface area contributed by atoms with Gasteiger partial charge in [0.15, 0.2) is 5.78 Å². The van der Waals surface area contributed by atoms with Gasteiger partial charge in [-0.3, -0.25) is 9.59 Å². The number of rotatable bonds is 6. The smallest absolute Gasteiger partial charge is 0.267 e. The quantitative estimate of drug-likeness (QED) is 0.669. The second-order valence-corrected chi connectivity index (χ2v) is 5.67. The summed E-state index contributed by atoms with van der Waals surface area (Å²) in [5.41, 5.74) is 1.90. The molecule has 0 radical (unpaired) electrons. The monoisotopic (exact) mass is 352 g/mol. The standard InChI is InChI=1S/C20H17FN2O3/c1-26-17-8-2-13(3-9-17)11-23-20(25)18-10-15(12-22-18)19(24)14-4-6-16(21)7-5-14/h2-10,12,22H,11H2,1H3,(H,23,25). The first-order chi connectivity index (χ1) is 12.6. The van der Waals surface area contributed by atoms with E-state index in [0.717, 1.165) is 11.3 Å². The van der Waals surface area contributed by atoms with Gasteiger partial charge in [0.1, 0.15) is 17.3 Å². The number of nitrogens with one attached hydrogen (secondary N) is 2. The van der Waals surface area contributed by atoms with Crippen molar-refractivity contribution in [1.82, 2.24) is 10.3 Å². The predicted octanol–water partition coefficient (Wildman–Crippen LogP) is 3.32. The van der Waals surface area contributed by atoms with E-state index < -0.39 is 5.82 Å². The molecule has 0 saturated heterocycles. The molecule has 26 heavy (non-hydrogen) atoms. The molecule has 0 aliphatic heterocycles. The second-order valence-electron chi connectivity index (χ2n) is 5.67. The highest BCUT2D eigenvalue weighted by molar-refractivity contribution is 6.10. The van der Waals surface area contributed by atoms with Crippen molar-refractivity contribution in [2.75, 3.05) is 7.11 Å². The number of H-pyrrole nitrogens is 1. The number of ketones is 1. The highest BCUT2D eigenvalue weighted by atomic mass is 19.1. The summed E-state index contributed by atoms with van der Waals surface area (Å²) in [6.45, 7) is 0.350. The summed E-state index contributed by atoms with van der Waals surface area (Å²) in [7, 11) is 1.59. The van der Waals surface area contributed by atoms with Crippen LogP contribution >= 0.6 is 0 Å². The lowest BCUT2D eigenvalue weighted by Crippen LogP contribution is -2.23. The molecule has 0 fully saturated rings. The lowest BCUT2D eigenvalue weighted by atomic mass is 10.1. The minimum Gasteiger partial charge on any atom is -0.497 e. The van der Waals surface area contributed by atoms with Crippen molar-refractivity contribution in [2.45, 2.75) is 6.54 Å². The molecule has 0 aliphatic carbocycles. The Morgan fingerprint density at radius 1 is 1.04 bits per heavy atom. The van der Waals surface area contributed by atoms with Crippen molar-refractivity contribution in [1.29, 1.82) is 0 Å². The maximum absolute atomic E-state index is 13.0. The highest BCUT2D eigenvalue weighted by Gasteiger charge is 2.14. The summed E-state index contributed by atoms with van der Waals surface area (Å²) in [5.74, 6) is -0.267. The number of carbonyl (C=O) groups is 2. The van der Waals surface area contributed by atoms with Gasteiger partial charge >= 0.3 is 0 Å². The topological polar surface area (TPSA) is 71.2 Å². The first kappa shape index (κ1) is 17.4. The molecule has 0 spiro atoms. The van der Waals surface area contributed by atoms with Gasteiger partial charge in [-0.1, -0.05) is 12.1 Å². The number of benzene rings is 2. The van der Waals surface area contributed by atoms with Crippen LogP contribution in [0, 0.1) is 5.82 Å². The summed E-state index contributed by atoms with van der Waals surface area (Å²) in [5, 5.41) is 2.78. The first-order valence-electron chi connectivity index (χ1n) is 7.96. The van der Waals surface area contributed by atoms with Gasteiger partial charge < -0.3 is 15.0 Å². The predicted molar refractivity (Wildman–Crippen MR) is 94.8 cm³/mol. The molecule has 132 valence electrons. The molecule has 0 aliphatic rings. The van der Waals surface area contributed by atoms with Crippen molar-refractivity contribution in [2.24, 2.45) is 0 Å². The Kier molecular flexibility index (Phi) is 5.12. The van der Waals surface area contributed by atoms with E-state index in [-0.39, 0.29) is 17.4 Å². The van der Waals surface area contributed by atoms with Crippen LogP contribution in [0.25, 0.3) is 0 Å². The molecule has 2 aromatic carbocycles. The van der Waals surface area contributed by atoms with Crippen LogP contribution in [0.1, 0.15) is 32.0 Å². The molecule has 5 nitrogen and oxygen atoms in total. The maximum atomic E-state index is 13.0. The van der Waals surface area contributed by atoms with E-state index >= 15 is 0 Å². The van der Waals surface area contributed by atoms with E-state index in [1.165, 1.54) is 36.5 Å².